The summed E-state index contributed by atoms with van der Waals surface area (Å²) in [5.74, 6) is 3.26. The monoisotopic (exact) mass is 431 g/mol. The van der Waals surface area contributed by atoms with Crippen LogP contribution < -0.4 is 0 Å². The number of hydrogen-bond donors (Lipinski definition) is 0. The van der Waals surface area contributed by atoms with E-state index in [1.54, 1.807) is 11.8 Å². The smallest absolute Gasteiger partial charge is 0.191 e. The van der Waals surface area contributed by atoms with Crippen LogP contribution >= 0.6 is 23.1 Å². The van der Waals surface area contributed by atoms with Gasteiger partial charge in [0.2, 0.25) is 0 Å². The van der Waals surface area contributed by atoms with Crippen molar-refractivity contribution in [2.75, 3.05) is 0 Å². The van der Waals surface area contributed by atoms with Crippen LogP contribution in [0.5, 0.6) is 0 Å². The maximum absolute atomic E-state index is 4.50. The van der Waals surface area contributed by atoms with Crippen LogP contribution in [0, 0.1) is 11.3 Å². The Morgan fingerprint density at radius 1 is 1.24 bits per heavy atom. The summed E-state index contributed by atoms with van der Waals surface area (Å²) in [6, 6.07) is 2.35. The highest BCUT2D eigenvalue weighted by Gasteiger charge is 2.30. The van der Waals surface area contributed by atoms with Crippen LogP contribution in [0.4, 0.5) is 0 Å². The lowest BCUT2D eigenvalue weighted by molar-refractivity contribution is 0.217. The van der Waals surface area contributed by atoms with Gasteiger partial charge < -0.3 is 4.57 Å². The summed E-state index contributed by atoms with van der Waals surface area (Å²) in [6.45, 7) is 10.0. The summed E-state index contributed by atoms with van der Waals surface area (Å²) in [5, 5.41) is 21.8. The van der Waals surface area contributed by atoms with Gasteiger partial charge in [-0.3, -0.25) is 0 Å². The van der Waals surface area contributed by atoms with E-state index in [0.717, 1.165) is 35.7 Å². The summed E-state index contributed by atoms with van der Waals surface area (Å²) >= 11 is 3.51. The number of tetrazole rings is 1. The van der Waals surface area contributed by atoms with Crippen LogP contribution in [0.2, 0.25) is 0 Å². The molecular weight excluding hydrogens is 402 g/mol. The van der Waals surface area contributed by atoms with Crippen LogP contribution in [-0.4, -0.2) is 35.0 Å². The molecule has 0 saturated carbocycles. The molecule has 1 aliphatic carbocycles. The molecule has 0 saturated heterocycles. The van der Waals surface area contributed by atoms with E-state index in [1.807, 2.05) is 23.1 Å². The fourth-order valence-electron chi connectivity index (χ4n) is 3.87. The van der Waals surface area contributed by atoms with Crippen LogP contribution in [0.3, 0.4) is 0 Å². The zero-order valence-electron chi connectivity index (χ0n) is 17.8. The third-order valence-corrected chi connectivity index (χ3v) is 7.98. The van der Waals surface area contributed by atoms with Crippen molar-refractivity contribution in [2.24, 2.45) is 18.4 Å². The van der Waals surface area contributed by atoms with E-state index in [2.05, 4.69) is 64.1 Å². The highest BCUT2D eigenvalue weighted by atomic mass is 32.2. The predicted octanol–water partition coefficient (Wildman–Crippen LogP) is 4.38. The lowest BCUT2D eigenvalue weighted by Gasteiger charge is -2.33. The minimum Gasteiger partial charge on any atom is -0.304 e. The lowest BCUT2D eigenvalue weighted by Crippen LogP contribution is -2.26. The Labute approximate surface area is 180 Å². The highest BCUT2D eigenvalue weighted by Crippen LogP contribution is 2.42. The standard InChI is InChI=1S/C20H29N7S2/c1-6-9-27-17(21-24-25-27)12-28-19-23-22-18(26(19)5)16-11-13-10-14(20(2,3)4)7-8-15(13)29-16/h11,14H,6-10,12H2,1-5H3. The molecular formula is C20H29N7S2. The largest absolute Gasteiger partial charge is 0.304 e. The van der Waals surface area contributed by atoms with Gasteiger partial charge in [-0.1, -0.05) is 39.5 Å². The topological polar surface area (TPSA) is 74.3 Å². The van der Waals surface area contributed by atoms with E-state index in [-0.39, 0.29) is 0 Å². The van der Waals surface area contributed by atoms with Gasteiger partial charge in [0.15, 0.2) is 16.8 Å². The predicted molar refractivity (Wildman–Crippen MR) is 117 cm³/mol. The summed E-state index contributed by atoms with van der Waals surface area (Å²) in [5.41, 5.74) is 1.87. The molecule has 1 unspecified atom stereocenters. The average Bonchev–Trinajstić information content (AvgIpc) is 3.37. The first-order valence-corrected chi connectivity index (χ1v) is 12.1. The number of aryl methyl sites for hydroxylation is 2. The second-order valence-electron chi connectivity index (χ2n) is 8.84. The minimum atomic E-state index is 0.363. The van der Waals surface area contributed by atoms with Crippen molar-refractivity contribution in [3.8, 4) is 10.7 Å². The van der Waals surface area contributed by atoms with Crippen LogP contribution in [-0.2, 0) is 32.2 Å². The minimum absolute atomic E-state index is 0.363. The number of fused-ring (bicyclic) bond motifs is 1. The molecule has 9 heteroatoms. The molecule has 0 amide bonds. The second-order valence-corrected chi connectivity index (χ2v) is 10.9. The van der Waals surface area contributed by atoms with Gasteiger partial charge in [0.25, 0.3) is 0 Å². The maximum atomic E-state index is 4.50. The van der Waals surface area contributed by atoms with E-state index in [0.29, 0.717) is 11.2 Å². The quantitative estimate of drug-likeness (QED) is 0.539. The number of aromatic nitrogens is 7. The van der Waals surface area contributed by atoms with Crippen LogP contribution in [0.15, 0.2) is 11.2 Å². The van der Waals surface area contributed by atoms with Crippen LogP contribution in [0.1, 0.15) is 56.8 Å². The molecule has 0 fully saturated rings. The van der Waals surface area contributed by atoms with E-state index < -0.39 is 0 Å². The molecule has 29 heavy (non-hydrogen) atoms. The van der Waals surface area contributed by atoms with Crippen molar-refractivity contribution in [3.05, 3.63) is 22.3 Å². The first-order chi connectivity index (χ1) is 13.9. The summed E-state index contributed by atoms with van der Waals surface area (Å²) in [6.07, 6.45) is 4.65. The number of nitrogens with zero attached hydrogens (tertiary/aromatic N) is 7. The van der Waals surface area contributed by atoms with Gasteiger partial charge in [0.05, 0.1) is 10.6 Å². The third-order valence-electron chi connectivity index (χ3n) is 5.73. The van der Waals surface area contributed by atoms with E-state index in [4.69, 9.17) is 0 Å². The number of thioether (sulfide) groups is 1. The molecule has 0 spiro atoms. The summed E-state index contributed by atoms with van der Waals surface area (Å²) in [7, 11) is 2.04. The molecule has 3 aromatic rings. The van der Waals surface area contributed by atoms with Gasteiger partial charge in [-0.25, -0.2) is 4.68 Å². The van der Waals surface area contributed by atoms with Gasteiger partial charge in [-0.2, -0.15) is 0 Å². The Morgan fingerprint density at radius 3 is 2.83 bits per heavy atom. The average molecular weight is 432 g/mol. The second kappa shape index (κ2) is 8.18. The number of rotatable bonds is 6. The molecule has 0 aromatic carbocycles. The zero-order chi connectivity index (χ0) is 20.6. The number of hydrogen-bond acceptors (Lipinski definition) is 7. The Morgan fingerprint density at radius 2 is 2.07 bits per heavy atom. The maximum Gasteiger partial charge on any atom is 0.191 e. The normalized spacial score (nSPS) is 16.9. The van der Waals surface area contributed by atoms with Crippen molar-refractivity contribution < 1.29 is 0 Å². The Bertz CT molecular complexity index is 980. The third kappa shape index (κ3) is 4.26. The van der Waals surface area contributed by atoms with Crippen molar-refractivity contribution in [1.29, 1.82) is 0 Å². The van der Waals surface area contributed by atoms with Gasteiger partial charge in [0.1, 0.15) is 0 Å². The molecule has 3 aromatic heterocycles. The molecule has 1 atom stereocenters. The molecule has 0 bridgehead atoms. The van der Waals surface area contributed by atoms with E-state index >= 15 is 0 Å². The molecule has 3 heterocycles. The first-order valence-electron chi connectivity index (χ1n) is 10.3. The van der Waals surface area contributed by atoms with Crippen molar-refractivity contribution in [2.45, 2.75) is 70.8 Å². The molecule has 0 aliphatic heterocycles. The molecule has 156 valence electrons. The zero-order valence-corrected chi connectivity index (χ0v) is 19.5. The molecule has 4 rings (SSSR count). The fourth-order valence-corrected chi connectivity index (χ4v) is 5.94. The lowest BCUT2D eigenvalue weighted by atomic mass is 9.72. The van der Waals surface area contributed by atoms with Gasteiger partial charge >= 0.3 is 0 Å². The van der Waals surface area contributed by atoms with Crippen LogP contribution in [0.25, 0.3) is 10.7 Å². The molecule has 0 N–H and O–H groups in total. The molecule has 0 radical (unpaired) electrons. The van der Waals surface area contributed by atoms with E-state index in [9.17, 15) is 0 Å². The summed E-state index contributed by atoms with van der Waals surface area (Å²) < 4.78 is 3.96. The number of thiophene rings is 1. The molecule has 7 nitrogen and oxygen atoms in total. The van der Waals surface area contributed by atoms with Crippen molar-refractivity contribution >= 4 is 23.1 Å². The highest BCUT2D eigenvalue weighted by molar-refractivity contribution is 7.98. The van der Waals surface area contributed by atoms with Gasteiger partial charge in [0, 0.05) is 18.5 Å². The molecule has 1 aliphatic rings. The van der Waals surface area contributed by atoms with Gasteiger partial charge in [-0.05, 0) is 59.1 Å². The van der Waals surface area contributed by atoms with Crippen molar-refractivity contribution in [3.63, 3.8) is 0 Å². The Balaban J connectivity index is 1.49. The van der Waals surface area contributed by atoms with E-state index in [1.165, 1.54) is 34.6 Å². The van der Waals surface area contributed by atoms with Crippen molar-refractivity contribution in [1.82, 2.24) is 35.0 Å². The Hall–Kier alpha value is -1.74. The van der Waals surface area contributed by atoms with Gasteiger partial charge in [-0.15, -0.1) is 26.6 Å². The first kappa shape index (κ1) is 20.5. The summed E-state index contributed by atoms with van der Waals surface area (Å²) in [4.78, 5) is 2.75. The fraction of sp³-hybridized carbons (Fsp3) is 0.650. The Kier molecular flexibility index (Phi) is 5.79. The SMILES string of the molecule is CCCn1nnnc1CSc1nnc(-c2cc3c(s2)CCC(C(C)(C)C)C3)n1C.